The Morgan fingerprint density at radius 1 is 1.24 bits per heavy atom. The summed E-state index contributed by atoms with van der Waals surface area (Å²) in [6.07, 6.45) is 0. The Kier molecular flexibility index (Phi) is 4.48. The second kappa shape index (κ2) is 6.31. The fourth-order valence-electron chi connectivity index (χ4n) is 2.36. The average Bonchev–Trinajstić information content (AvgIpc) is 2.47. The van der Waals surface area contributed by atoms with Crippen LogP contribution in [0.2, 0.25) is 0 Å². The number of aromatic carboxylic acids is 1. The van der Waals surface area contributed by atoms with Gasteiger partial charge in [0.2, 0.25) is 0 Å². The molecular formula is C17H19NO3. The number of para-hydroxylation sites is 1. The molecular weight excluding hydrogens is 266 g/mol. The van der Waals surface area contributed by atoms with E-state index in [2.05, 4.69) is 24.0 Å². The van der Waals surface area contributed by atoms with Crippen molar-refractivity contribution in [3.05, 3.63) is 59.2 Å². The number of benzene rings is 2. The highest BCUT2D eigenvalue weighted by atomic mass is 16.5. The van der Waals surface area contributed by atoms with Gasteiger partial charge in [-0.3, -0.25) is 0 Å². The van der Waals surface area contributed by atoms with Crippen LogP contribution in [0.3, 0.4) is 0 Å². The zero-order valence-corrected chi connectivity index (χ0v) is 12.5. The van der Waals surface area contributed by atoms with Crippen LogP contribution in [-0.4, -0.2) is 25.2 Å². The summed E-state index contributed by atoms with van der Waals surface area (Å²) >= 11 is 0. The second-order valence-corrected chi connectivity index (χ2v) is 4.98. The molecule has 0 saturated heterocycles. The topological polar surface area (TPSA) is 49.8 Å². The molecule has 4 nitrogen and oxygen atoms in total. The van der Waals surface area contributed by atoms with Crippen LogP contribution in [0.1, 0.15) is 21.5 Å². The van der Waals surface area contributed by atoms with E-state index in [-0.39, 0.29) is 5.56 Å². The highest BCUT2D eigenvalue weighted by Gasteiger charge is 2.12. The standard InChI is InChI=1S/C17H19NO3/c1-12-6-4-5-7-15(12)18(2)11-13-8-9-14(17(19)20)16(10-13)21-3/h4-10H,11H2,1-3H3,(H,19,20). The van der Waals surface area contributed by atoms with Crippen LogP contribution >= 0.6 is 0 Å². The van der Waals surface area contributed by atoms with Crippen molar-refractivity contribution in [3.63, 3.8) is 0 Å². The van der Waals surface area contributed by atoms with Gasteiger partial charge in [0.1, 0.15) is 11.3 Å². The third-order valence-corrected chi connectivity index (χ3v) is 3.44. The molecule has 0 bridgehead atoms. The number of carbonyl (C=O) groups is 1. The zero-order valence-electron chi connectivity index (χ0n) is 12.5. The highest BCUT2D eigenvalue weighted by Crippen LogP contribution is 2.24. The first-order chi connectivity index (χ1) is 10.0. The van der Waals surface area contributed by atoms with Crippen molar-refractivity contribution in [1.82, 2.24) is 0 Å². The lowest BCUT2D eigenvalue weighted by atomic mass is 10.1. The molecule has 0 fully saturated rings. The van der Waals surface area contributed by atoms with Gasteiger partial charge in [-0.05, 0) is 36.2 Å². The summed E-state index contributed by atoms with van der Waals surface area (Å²) in [4.78, 5) is 13.2. The predicted octanol–water partition coefficient (Wildman–Crippen LogP) is 3.34. The molecule has 0 radical (unpaired) electrons. The molecule has 0 heterocycles. The molecule has 110 valence electrons. The maximum Gasteiger partial charge on any atom is 0.339 e. The normalized spacial score (nSPS) is 10.2. The summed E-state index contributed by atoms with van der Waals surface area (Å²) in [5.74, 6) is -0.594. The van der Waals surface area contributed by atoms with Crippen LogP contribution in [0.4, 0.5) is 5.69 Å². The minimum atomic E-state index is -0.981. The van der Waals surface area contributed by atoms with E-state index >= 15 is 0 Å². The van der Waals surface area contributed by atoms with Gasteiger partial charge in [-0.15, -0.1) is 0 Å². The molecule has 0 saturated carbocycles. The summed E-state index contributed by atoms with van der Waals surface area (Å²) in [5, 5.41) is 9.09. The first-order valence-corrected chi connectivity index (χ1v) is 6.70. The molecule has 0 spiro atoms. The van der Waals surface area contributed by atoms with E-state index < -0.39 is 5.97 Å². The Balaban J connectivity index is 2.24. The Hall–Kier alpha value is -2.49. The van der Waals surface area contributed by atoms with Gasteiger partial charge < -0.3 is 14.7 Å². The number of carboxylic acids is 1. The largest absolute Gasteiger partial charge is 0.496 e. The minimum absolute atomic E-state index is 0.180. The van der Waals surface area contributed by atoms with Crippen molar-refractivity contribution in [2.75, 3.05) is 19.1 Å². The number of methoxy groups -OCH3 is 1. The van der Waals surface area contributed by atoms with Gasteiger partial charge in [0.05, 0.1) is 7.11 Å². The lowest BCUT2D eigenvalue weighted by molar-refractivity contribution is 0.0693. The number of anilines is 1. The molecule has 0 aromatic heterocycles. The van der Waals surface area contributed by atoms with Gasteiger partial charge >= 0.3 is 5.97 Å². The monoisotopic (exact) mass is 285 g/mol. The summed E-state index contributed by atoms with van der Waals surface area (Å²) in [7, 11) is 3.50. The molecule has 4 heteroatoms. The van der Waals surface area contributed by atoms with Gasteiger partial charge in [0.15, 0.2) is 0 Å². The lowest BCUT2D eigenvalue weighted by Crippen LogP contribution is -2.17. The van der Waals surface area contributed by atoms with E-state index in [1.807, 2.05) is 25.2 Å². The van der Waals surface area contributed by atoms with Crippen molar-refractivity contribution in [2.24, 2.45) is 0 Å². The fourth-order valence-corrected chi connectivity index (χ4v) is 2.36. The maximum atomic E-state index is 11.1. The molecule has 2 rings (SSSR count). The first kappa shape index (κ1) is 14.9. The maximum absolute atomic E-state index is 11.1. The molecule has 1 N–H and O–H groups in total. The zero-order chi connectivity index (χ0) is 15.4. The van der Waals surface area contributed by atoms with Gasteiger partial charge in [0, 0.05) is 19.3 Å². The van der Waals surface area contributed by atoms with Crippen molar-refractivity contribution in [2.45, 2.75) is 13.5 Å². The number of hydrogen-bond acceptors (Lipinski definition) is 3. The smallest absolute Gasteiger partial charge is 0.339 e. The van der Waals surface area contributed by atoms with Gasteiger partial charge in [0.25, 0.3) is 0 Å². The van der Waals surface area contributed by atoms with Gasteiger partial charge in [-0.2, -0.15) is 0 Å². The molecule has 21 heavy (non-hydrogen) atoms. The number of carboxylic acid groups (broad SMARTS) is 1. The Labute approximate surface area is 124 Å². The molecule has 2 aromatic rings. The molecule has 0 amide bonds. The van der Waals surface area contributed by atoms with Crippen LogP contribution in [0, 0.1) is 6.92 Å². The summed E-state index contributed by atoms with van der Waals surface area (Å²) in [5.41, 5.74) is 3.54. The number of rotatable bonds is 5. The van der Waals surface area contributed by atoms with Crippen molar-refractivity contribution < 1.29 is 14.6 Å². The van der Waals surface area contributed by atoms with Crippen LogP contribution in [0.5, 0.6) is 5.75 Å². The molecule has 0 aliphatic rings. The SMILES string of the molecule is COc1cc(CN(C)c2ccccc2C)ccc1C(=O)O. The number of hydrogen-bond donors (Lipinski definition) is 1. The number of nitrogens with zero attached hydrogens (tertiary/aromatic N) is 1. The van der Waals surface area contributed by atoms with Crippen LogP contribution in [0.15, 0.2) is 42.5 Å². The van der Waals surface area contributed by atoms with Crippen LogP contribution in [-0.2, 0) is 6.54 Å². The molecule has 0 unspecified atom stereocenters. The predicted molar refractivity (Wildman–Crippen MR) is 83.2 cm³/mol. The summed E-state index contributed by atoms with van der Waals surface area (Å²) < 4.78 is 5.16. The van der Waals surface area contributed by atoms with Crippen LogP contribution in [0.25, 0.3) is 0 Å². The number of aryl methyl sites for hydroxylation is 1. The summed E-state index contributed by atoms with van der Waals surface area (Å²) in [6, 6.07) is 13.3. The lowest BCUT2D eigenvalue weighted by Gasteiger charge is -2.22. The Morgan fingerprint density at radius 2 is 1.95 bits per heavy atom. The van der Waals surface area contributed by atoms with E-state index in [0.717, 1.165) is 11.3 Å². The molecule has 0 atom stereocenters. The summed E-state index contributed by atoms with van der Waals surface area (Å²) in [6.45, 7) is 2.75. The third kappa shape index (κ3) is 3.34. The average molecular weight is 285 g/mol. The van der Waals surface area contributed by atoms with E-state index in [0.29, 0.717) is 12.3 Å². The molecule has 2 aromatic carbocycles. The number of ether oxygens (including phenoxy) is 1. The van der Waals surface area contributed by atoms with Crippen LogP contribution < -0.4 is 9.64 Å². The first-order valence-electron chi connectivity index (χ1n) is 6.70. The van der Waals surface area contributed by atoms with Crippen molar-refractivity contribution >= 4 is 11.7 Å². The van der Waals surface area contributed by atoms with E-state index in [1.165, 1.54) is 12.7 Å². The highest BCUT2D eigenvalue weighted by molar-refractivity contribution is 5.91. The molecule has 0 aliphatic heterocycles. The third-order valence-electron chi connectivity index (χ3n) is 3.44. The van der Waals surface area contributed by atoms with E-state index in [4.69, 9.17) is 9.84 Å². The van der Waals surface area contributed by atoms with E-state index in [9.17, 15) is 4.79 Å². The van der Waals surface area contributed by atoms with Gasteiger partial charge in [-0.25, -0.2) is 4.79 Å². The fraction of sp³-hybridized carbons (Fsp3) is 0.235. The van der Waals surface area contributed by atoms with Gasteiger partial charge in [-0.1, -0.05) is 24.3 Å². The Bertz CT molecular complexity index is 652. The van der Waals surface area contributed by atoms with E-state index in [1.54, 1.807) is 12.1 Å². The van der Waals surface area contributed by atoms with Crippen molar-refractivity contribution in [3.8, 4) is 5.75 Å². The minimum Gasteiger partial charge on any atom is -0.496 e. The second-order valence-electron chi connectivity index (χ2n) is 4.98. The quantitative estimate of drug-likeness (QED) is 0.915. The van der Waals surface area contributed by atoms with Crippen molar-refractivity contribution in [1.29, 1.82) is 0 Å². The molecule has 0 aliphatic carbocycles. The Morgan fingerprint density at radius 3 is 2.57 bits per heavy atom.